The Balaban J connectivity index is 2.20. The molecule has 0 aromatic rings. The zero-order valence-corrected chi connectivity index (χ0v) is 8.49. The Labute approximate surface area is 77.9 Å². The monoisotopic (exact) mass is 188 g/mol. The van der Waals surface area contributed by atoms with Crippen molar-refractivity contribution < 1.29 is 4.79 Å². The summed E-state index contributed by atoms with van der Waals surface area (Å²) in [6.07, 6.45) is 2.06. The first-order valence-electron chi connectivity index (χ1n) is 4.20. The maximum absolute atomic E-state index is 11.5. The topological polar surface area (TPSA) is 32.3 Å². The molecule has 0 unspecified atom stereocenters. The van der Waals surface area contributed by atoms with Gasteiger partial charge in [-0.15, -0.1) is 0 Å². The van der Waals surface area contributed by atoms with Gasteiger partial charge in [0.05, 0.1) is 5.92 Å². The second-order valence-corrected chi connectivity index (χ2v) is 4.09. The van der Waals surface area contributed by atoms with E-state index in [-0.39, 0.29) is 5.92 Å². The minimum atomic E-state index is 0.247. The van der Waals surface area contributed by atoms with Crippen LogP contribution in [0.4, 0.5) is 0 Å². The second kappa shape index (κ2) is 4.72. The normalized spacial score (nSPS) is 17.2. The van der Waals surface area contributed by atoms with Crippen molar-refractivity contribution in [3.05, 3.63) is 0 Å². The van der Waals surface area contributed by atoms with Crippen molar-refractivity contribution in [3.8, 4) is 0 Å². The number of carbonyl (C=O) groups is 1. The predicted octanol–water partition coefficient (Wildman–Crippen LogP) is 0.0272. The van der Waals surface area contributed by atoms with Gasteiger partial charge in [0, 0.05) is 32.4 Å². The Kier molecular flexibility index (Phi) is 3.88. The van der Waals surface area contributed by atoms with Gasteiger partial charge in [-0.05, 0) is 6.26 Å². The summed E-state index contributed by atoms with van der Waals surface area (Å²) in [7, 11) is 1.89. The maximum atomic E-state index is 11.5. The zero-order valence-electron chi connectivity index (χ0n) is 7.67. The molecule has 0 aromatic heterocycles. The van der Waals surface area contributed by atoms with Crippen LogP contribution in [0.1, 0.15) is 0 Å². The lowest BCUT2D eigenvalue weighted by Crippen LogP contribution is -2.51. The van der Waals surface area contributed by atoms with E-state index in [0.717, 1.165) is 25.4 Å². The molecular formula is C8H16N2OS. The number of nitrogens with zero attached hydrogens (tertiary/aromatic N) is 1. The van der Waals surface area contributed by atoms with Gasteiger partial charge in [0.1, 0.15) is 0 Å². The molecule has 0 aromatic carbocycles. The van der Waals surface area contributed by atoms with Crippen LogP contribution in [0.5, 0.6) is 0 Å². The SMILES string of the molecule is CSCCN(C)C(=O)C1CNC1. The van der Waals surface area contributed by atoms with E-state index in [9.17, 15) is 4.79 Å². The van der Waals surface area contributed by atoms with E-state index in [1.807, 2.05) is 11.9 Å². The van der Waals surface area contributed by atoms with E-state index in [1.54, 1.807) is 11.8 Å². The van der Waals surface area contributed by atoms with Crippen LogP contribution < -0.4 is 5.32 Å². The third-order valence-corrected chi connectivity index (χ3v) is 2.73. The van der Waals surface area contributed by atoms with Gasteiger partial charge in [-0.3, -0.25) is 4.79 Å². The summed E-state index contributed by atoms with van der Waals surface area (Å²) in [6.45, 7) is 2.60. The molecule has 0 spiro atoms. The molecule has 1 aliphatic heterocycles. The zero-order chi connectivity index (χ0) is 8.97. The summed E-state index contributed by atoms with van der Waals surface area (Å²) in [5.41, 5.74) is 0. The Morgan fingerprint density at radius 2 is 2.33 bits per heavy atom. The van der Waals surface area contributed by atoms with Crippen molar-refractivity contribution in [1.29, 1.82) is 0 Å². The minimum Gasteiger partial charge on any atom is -0.345 e. The maximum Gasteiger partial charge on any atom is 0.228 e. The Morgan fingerprint density at radius 1 is 1.67 bits per heavy atom. The van der Waals surface area contributed by atoms with E-state index >= 15 is 0 Å². The Hall–Kier alpha value is -0.220. The molecule has 1 rings (SSSR count). The highest BCUT2D eigenvalue weighted by Crippen LogP contribution is 2.07. The molecule has 1 heterocycles. The van der Waals surface area contributed by atoms with Crippen LogP contribution >= 0.6 is 11.8 Å². The largest absolute Gasteiger partial charge is 0.345 e. The molecular weight excluding hydrogens is 172 g/mol. The molecule has 0 atom stereocenters. The van der Waals surface area contributed by atoms with E-state index in [4.69, 9.17) is 0 Å². The summed E-state index contributed by atoms with van der Waals surface area (Å²) >= 11 is 1.78. The summed E-state index contributed by atoms with van der Waals surface area (Å²) in [6, 6.07) is 0. The summed E-state index contributed by atoms with van der Waals surface area (Å²) in [5, 5.41) is 3.10. The van der Waals surface area contributed by atoms with Crippen LogP contribution in [0.3, 0.4) is 0 Å². The molecule has 1 amide bonds. The van der Waals surface area contributed by atoms with Gasteiger partial charge in [0.2, 0.25) is 5.91 Å². The molecule has 4 heteroatoms. The minimum absolute atomic E-state index is 0.247. The lowest BCUT2D eigenvalue weighted by Gasteiger charge is -2.30. The number of nitrogens with one attached hydrogen (secondary N) is 1. The molecule has 1 aliphatic rings. The summed E-state index contributed by atoms with van der Waals surface area (Å²) < 4.78 is 0. The average molecular weight is 188 g/mol. The highest BCUT2D eigenvalue weighted by Gasteiger charge is 2.26. The number of rotatable bonds is 4. The van der Waals surface area contributed by atoms with Gasteiger partial charge < -0.3 is 10.2 Å². The van der Waals surface area contributed by atoms with Crippen LogP contribution in [-0.4, -0.2) is 49.5 Å². The predicted molar refractivity (Wildman–Crippen MR) is 52.4 cm³/mol. The summed E-state index contributed by atoms with van der Waals surface area (Å²) in [4.78, 5) is 13.3. The number of hydrogen-bond donors (Lipinski definition) is 1. The van der Waals surface area contributed by atoms with Gasteiger partial charge in [-0.1, -0.05) is 0 Å². The van der Waals surface area contributed by atoms with Crippen molar-refractivity contribution in [2.45, 2.75) is 0 Å². The molecule has 1 fully saturated rings. The molecule has 1 saturated heterocycles. The fourth-order valence-electron chi connectivity index (χ4n) is 1.11. The quantitative estimate of drug-likeness (QED) is 0.675. The van der Waals surface area contributed by atoms with Crippen molar-refractivity contribution in [2.24, 2.45) is 5.92 Å². The average Bonchev–Trinajstić information content (AvgIpc) is 1.96. The molecule has 0 saturated carbocycles. The number of amides is 1. The van der Waals surface area contributed by atoms with Crippen molar-refractivity contribution in [1.82, 2.24) is 10.2 Å². The number of thioether (sulfide) groups is 1. The summed E-state index contributed by atoms with van der Waals surface area (Å²) in [5.74, 6) is 1.57. The van der Waals surface area contributed by atoms with Gasteiger partial charge in [-0.25, -0.2) is 0 Å². The van der Waals surface area contributed by atoms with Gasteiger partial charge in [-0.2, -0.15) is 11.8 Å². The molecule has 0 bridgehead atoms. The van der Waals surface area contributed by atoms with E-state index in [2.05, 4.69) is 11.6 Å². The number of hydrogen-bond acceptors (Lipinski definition) is 3. The van der Waals surface area contributed by atoms with Crippen LogP contribution in [0.2, 0.25) is 0 Å². The lowest BCUT2D eigenvalue weighted by molar-refractivity contribution is -0.135. The molecule has 0 aliphatic carbocycles. The molecule has 70 valence electrons. The highest BCUT2D eigenvalue weighted by molar-refractivity contribution is 7.98. The molecule has 1 N–H and O–H groups in total. The highest BCUT2D eigenvalue weighted by atomic mass is 32.2. The smallest absolute Gasteiger partial charge is 0.228 e. The Bertz CT molecular complexity index is 159. The van der Waals surface area contributed by atoms with E-state index in [1.165, 1.54) is 0 Å². The van der Waals surface area contributed by atoms with Gasteiger partial charge in [0.25, 0.3) is 0 Å². The van der Waals surface area contributed by atoms with Gasteiger partial charge in [0.15, 0.2) is 0 Å². The first-order valence-corrected chi connectivity index (χ1v) is 5.59. The lowest BCUT2D eigenvalue weighted by atomic mass is 10.0. The van der Waals surface area contributed by atoms with Crippen LogP contribution in [-0.2, 0) is 4.79 Å². The Morgan fingerprint density at radius 3 is 2.75 bits per heavy atom. The fraction of sp³-hybridized carbons (Fsp3) is 0.875. The molecule has 3 nitrogen and oxygen atoms in total. The van der Waals surface area contributed by atoms with Crippen LogP contribution in [0.15, 0.2) is 0 Å². The first kappa shape index (κ1) is 9.86. The van der Waals surface area contributed by atoms with Crippen molar-refractivity contribution in [2.75, 3.05) is 38.7 Å². The van der Waals surface area contributed by atoms with Crippen molar-refractivity contribution in [3.63, 3.8) is 0 Å². The van der Waals surface area contributed by atoms with E-state index in [0.29, 0.717) is 5.91 Å². The van der Waals surface area contributed by atoms with Crippen LogP contribution in [0, 0.1) is 5.92 Å². The fourth-order valence-corrected chi connectivity index (χ4v) is 1.57. The van der Waals surface area contributed by atoms with Crippen LogP contribution in [0.25, 0.3) is 0 Å². The van der Waals surface area contributed by atoms with Crippen molar-refractivity contribution >= 4 is 17.7 Å². The van der Waals surface area contributed by atoms with Gasteiger partial charge >= 0.3 is 0 Å². The second-order valence-electron chi connectivity index (χ2n) is 3.11. The first-order chi connectivity index (χ1) is 5.75. The van der Waals surface area contributed by atoms with E-state index < -0.39 is 0 Å². The number of carbonyl (C=O) groups excluding carboxylic acids is 1. The third-order valence-electron chi connectivity index (χ3n) is 2.14. The standard InChI is InChI=1S/C8H16N2OS/c1-10(3-4-12-2)8(11)7-5-9-6-7/h7,9H,3-6H2,1-2H3. The third kappa shape index (κ3) is 2.38. The molecule has 0 radical (unpaired) electrons. The molecule has 12 heavy (non-hydrogen) atoms.